The summed E-state index contributed by atoms with van der Waals surface area (Å²) in [5.74, 6) is 2.42. The fraction of sp³-hybridized carbons (Fsp3) is 0.500. The molecule has 30 heavy (non-hydrogen) atoms. The molecule has 162 valence electrons. The monoisotopic (exact) mass is 410 g/mol. The molecule has 0 aliphatic carbocycles. The summed E-state index contributed by atoms with van der Waals surface area (Å²) in [4.78, 5) is 7.30. The maximum Gasteiger partial charge on any atom is 0.226 e. The van der Waals surface area contributed by atoms with Crippen molar-refractivity contribution in [2.75, 3.05) is 7.11 Å². The van der Waals surface area contributed by atoms with E-state index in [1.165, 1.54) is 11.3 Å². The normalized spacial score (nSPS) is 11.7. The first-order chi connectivity index (χ1) is 14.1. The van der Waals surface area contributed by atoms with E-state index < -0.39 is 0 Å². The van der Waals surface area contributed by atoms with Gasteiger partial charge < -0.3 is 9.15 Å². The number of oxazole rings is 1. The molecule has 0 bridgehead atoms. The van der Waals surface area contributed by atoms with Gasteiger partial charge in [-0.1, -0.05) is 0 Å². The van der Waals surface area contributed by atoms with Gasteiger partial charge in [0.2, 0.25) is 5.89 Å². The Kier molecular flexibility index (Phi) is 6.36. The van der Waals surface area contributed by atoms with Crippen LogP contribution in [0.4, 0.5) is 0 Å². The highest BCUT2D eigenvalue weighted by Crippen LogP contribution is 2.32. The summed E-state index contributed by atoms with van der Waals surface area (Å²) in [6.45, 7) is 16.4. The summed E-state index contributed by atoms with van der Waals surface area (Å²) < 4.78 is 13.5. The van der Waals surface area contributed by atoms with Gasteiger partial charge in [0.15, 0.2) is 0 Å². The van der Waals surface area contributed by atoms with E-state index in [0.29, 0.717) is 11.9 Å². The van der Waals surface area contributed by atoms with Gasteiger partial charge >= 0.3 is 0 Å². The summed E-state index contributed by atoms with van der Waals surface area (Å²) in [5.41, 5.74) is 7.81. The SMILES string of the molecule is COc1ccc(-c2nc(CN(Cc3c(C)nn(C)c3C)C(C)C)c(C)o2)c(C)c1C. The minimum atomic E-state index is 0.369. The maximum absolute atomic E-state index is 6.10. The first-order valence-electron chi connectivity index (χ1n) is 10.5. The lowest BCUT2D eigenvalue weighted by Gasteiger charge is -2.26. The number of aryl methyl sites for hydroxylation is 3. The minimum Gasteiger partial charge on any atom is -0.496 e. The number of hydrogen-bond acceptors (Lipinski definition) is 5. The highest BCUT2D eigenvalue weighted by Gasteiger charge is 2.21. The fourth-order valence-electron chi connectivity index (χ4n) is 3.80. The van der Waals surface area contributed by atoms with E-state index in [-0.39, 0.29) is 0 Å². The molecule has 0 saturated heterocycles. The van der Waals surface area contributed by atoms with Gasteiger partial charge in [-0.05, 0) is 71.7 Å². The van der Waals surface area contributed by atoms with Crippen molar-refractivity contribution in [1.82, 2.24) is 19.7 Å². The van der Waals surface area contributed by atoms with Gasteiger partial charge in [0, 0.05) is 43.0 Å². The number of rotatable bonds is 7. The lowest BCUT2D eigenvalue weighted by Crippen LogP contribution is -2.30. The number of ether oxygens (including phenoxy) is 1. The average molecular weight is 411 g/mol. The third kappa shape index (κ3) is 4.15. The molecule has 0 saturated carbocycles. The zero-order valence-corrected chi connectivity index (χ0v) is 19.8. The Balaban J connectivity index is 1.89. The highest BCUT2D eigenvalue weighted by atomic mass is 16.5. The molecule has 2 heterocycles. The lowest BCUT2D eigenvalue weighted by molar-refractivity contribution is 0.199. The molecule has 0 N–H and O–H groups in total. The molecule has 0 aliphatic heterocycles. The Morgan fingerprint density at radius 2 is 1.77 bits per heavy atom. The van der Waals surface area contributed by atoms with E-state index in [2.05, 4.69) is 51.5 Å². The number of hydrogen-bond donors (Lipinski definition) is 0. The number of nitrogens with zero attached hydrogens (tertiary/aromatic N) is 4. The van der Waals surface area contributed by atoms with Crippen molar-refractivity contribution in [2.45, 2.75) is 67.6 Å². The molecule has 0 unspecified atom stereocenters. The van der Waals surface area contributed by atoms with Gasteiger partial charge in [0.05, 0.1) is 18.5 Å². The van der Waals surface area contributed by atoms with Crippen LogP contribution < -0.4 is 4.74 Å². The van der Waals surface area contributed by atoms with E-state index in [1.807, 2.05) is 30.8 Å². The second-order valence-corrected chi connectivity index (χ2v) is 8.36. The van der Waals surface area contributed by atoms with Crippen molar-refractivity contribution in [3.63, 3.8) is 0 Å². The topological polar surface area (TPSA) is 56.3 Å². The van der Waals surface area contributed by atoms with E-state index in [4.69, 9.17) is 14.1 Å². The zero-order valence-electron chi connectivity index (χ0n) is 19.8. The molecule has 0 radical (unpaired) electrons. The summed E-state index contributed by atoms with van der Waals surface area (Å²) in [6.07, 6.45) is 0. The summed E-state index contributed by atoms with van der Waals surface area (Å²) in [5, 5.41) is 4.57. The van der Waals surface area contributed by atoms with E-state index in [1.54, 1.807) is 7.11 Å². The molecule has 0 fully saturated rings. The molecule has 2 aromatic heterocycles. The molecule has 3 aromatic rings. The van der Waals surface area contributed by atoms with Crippen molar-refractivity contribution in [2.24, 2.45) is 7.05 Å². The van der Waals surface area contributed by atoms with Crippen molar-refractivity contribution in [3.8, 4) is 17.2 Å². The van der Waals surface area contributed by atoms with Crippen LogP contribution in [0.25, 0.3) is 11.5 Å². The predicted octanol–water partition coefficient (Wildman–Crippen LogP) is 5.04. The van der Waals surface area contributed by atoms with Crippen LogP contribution in [-0.4, -0.2) is 32.8 Å². The first-order valence-corrected chi connectivity index (χ1v) is 10.5. The molecule has 0 aliphatic rings. The van der Waals surface area contributed by atoms with E-state index in [9.17, 15) is 0 Å². The highest BCUT2D eigenvalue weighted by molar-refractivity contribution is 5.63. The van der Waals surface area contributed by atoms with Gasteiger partial charge in [-0.3, -0.25) is 9.58 Å². The minimum absolute atomic E-state index is 0.369. The van der Waals surface area contributed by atoms with E-state index in [0.717, 1.165) is 52.7 Å². The van der Waals surface area contributed by atoms with Crippen LogP contribution in [0.3, 0.4) is 0 Å². The quantitative estimate of drug-likeness (QED) is 0.546. The molecule has 3 rings (SSSR count). The zero-order chi connectivity index (χ0) is 22.2. The smallest absolute Gasteiger partial charge is 0.226 e. The summed E-state index contributed by atoms with van der Waals surface area (Å²) >= 11 is 0. The predicted molar refractivity (Wildman–Crippen MR) is 120 cm³/mol. The Morgan fingerprint density at radius 3 is 2.33 bits per heavy atom. The van der Waals surface area contributed by atoms with E-state index >= 15 is 0 Å². The average Bonchev–Trinajstić information content (AvgIpc) is 3.16. The molecule has 0 amide bonds. The molecule has 1 aromatic carbocycles. The lowest BCUT2D eigenvalue weighted by atomic mass is 10.0. The summed E-state index contributed by atoms with van der Waals surface area (Å²) in [7, 11) is 3.69. The van der Waals surface area contributed by atoms with Crippen LogP contribution in [0.1, 0.15) is 53.4 Å². The number of methoxy groups -OCH3 is 1. The molecular formula is C24H34N4O2. The second-order valence-electron chi connectivity index (χ2n) is 8.36. The molecule has 0 atom stereocenters. The fourth-order valence-corrected chi connectivity index (χ4v) is 3.80. The van der Waals surface area contributed by atoms with Crippen LogP contribution in [-0.2, 0) is 20.1 Å². The third-order valence-corrected chi connectivity index (χ3v) is 6.18. The van der Waals surface area contributed by atoms with Crippen molar-refractivity contribution in [3.05, 3.63) is 51.7 Å². The molecular weight excluding hydrogens is 376 g/mol. The largest absolute Gasteiger partial charge is 0.496 e. The van der Waals surface area contributed by atoms with Crippen LogP contribution in [0.5, 0.6) is 5.75 Å². The van der Waals surface area contributed by atoms with Crippen LogP contribution in [0.2, 0.25) is 0 Å². The van der Waals surface area contributed by atoms with Gasteiger partial charge in [-0.25, -0.2) is 4.98 Å². The Morgan fingerprint density at radius 1 is 1.07 bits per heavy atom. The van der Waals surface area contributed by atoms with Gasteiger partial charge in [-0.15, -0.1) is 0 Å². The van der Waals surface area contributed by atoms with Crippen LogP contribution in [0, 0.1) is 34.6 Å². The van der Waals surface area contributed by atoms with Crippen molar-refractivity contribution >= 4 is 0 Å². The molecule has 6 heteroatoms. The van der Waals surface area contributed by atoms with Crippen molar-refractivity contribution < 1.29 is 9.15 Å². The first kappa shape index (κ1) is 22.1. The van der Waals surface area contributed by atoms with Crippen LogP contribution >= 0.6 is 0 Å². The van der Waals surface area contributed by atoms with Crippen molar-refractivity contribution in [1.29, 1.82) is 0 Å². The molecule has 6 nitrogen and oxygen atoms in total. The maximum atomic E-state index is 6.10. The standard InChI is InChI=1S/C24H34N4O2/c1-14(2)28(12-21-17(5)26-27(8)18(21)6)13-22-19(7)30-24(25-22)20-10-11-23(29-9)16(4)15(20)3/h10-11,14H,12-13H2,1-9H3. The van der Waals surface area contributed by atoms with Gasteiger partial charge in [0.25, 0.3) is 0 Å². The summed E-state index contributed by atoms with van der Waals surface area (Å²) in [6, 6.07) is 4.37. The second kappa shape index (κ2) is 8.64. The number of aromatic nitrogens is 3. The van der Waals surface area contributed by atoms with Gasteiger partial charge in [-0.2, -0.15) is 5.10 Å². The Labute approximate surface area is 179 Å². The Bertz CT molecular complexity index is 1050. The third-order valence-electron chi connectivity index (χ3n) is 6.18. The molecule has 0 spiro atoms. The van der Waals surface area contributed by atoms with Gasteiger partial charge in [0.1, 0.15) is 11.5 Å². The number of benzene rings is 1. The Hall–Kier alpha value is -2.60. The van der Waals surface area contributed by atoms with Crippen LogP contribution in [0.15, 0.2) is 16.5 Å².